The molecular weight excluding hydrogens is 445 g/mol. The minimum atomic E-state index is -5.63. The lowest BCUT2D eigenvalue weighted by Crippen LogP contribution is -2.27. The van der Waals surface area contributed by atoms with Gasteiger partial charge in [0.05, 0.1) is 5.92 Å². The number of ether oxygens (including phenoxy) is 3. The van der Waals surface area contributed by atoms with Crippen LogP contribution in [0.15, 0.2) is 12.1 Å². The highest BCUT2D eigenvalue weighted by Crippen LogP contribution is 2.48. The van der Waals surface area contributed by atoms with Crippen LogP contribution in [0, 0.1) is 5.92 Å². The van der Waals surface area contributed by atoms with E-state index < -0.39 is 72.7 Å². The number of hydrogen-bond donors (Lipinski definition) is 2. The summed E-state index contributed by atoms with van der Waals surface area (Å²) in [5.41, 5.74) is 4.08. The highest BCUT2D eigenvalue weighted by atomic mass is 19.4. The van der Waals surface area contributed by atoms with E-state index in [4.69, 9.17) is 10.8 Å². The highest BCUT2D eigenvalue weighted by Gasteiger charge is 2.41. The Hall–Kier alpha value is -2.58. The zero-order valence-corrected chi connectivity index (χ0v) is 14.8. The number of nitrogens with two attached hydrogens (primary N) is 1. The number of benzene rings is 1. The molecule has 0 aliphatic heterocycles. The Labute approximate surface area is 162 Å². The van der Waals surface area contributed by atoms with Crippen molar-refractivity contribution < 1.29 is 63.6 Å². The molecule has 0 amide bonds. The average molecular weight is 459 g/mol. The third-order valence-electron chi connectivity index (χ3n) is 3.55. The molecule has 0 bridgehead atoms. The molecule has 1 aromatic rings. The van der Waals surface area contributed by atoms with Gasteiger partial charge >= 0.3 is 25.1 Å². The van der Waals surface area contributed by atoms with Crippen LogP contribution in [-0.2, 0) is 4.79 Å². The summed E-state index contributed by atoms with van der Waals surface area (Å²) in [4.78, 5) is 11.1. The number of alkyl halides is 9. The molecule has 0 aromatic heterocycles. The number of aliphatic carboxylic acids is 1. The van der Waals surface area contributed by atoms with Crippen molar-refractivity contribution in [3.05, 3.63) is 17.7 Å². The van der Waals surface area contributed by atoms with E-state index in [9.17, 15) is 44.3 Å². The van der Waals surface area contributed by atoms with Crippen LogP contribution >= 0.6 is 0 Å². The molecule has 3 N–H and O–H groups in total. The van der Waals surface area contributed by atoms with E-state index >= 15 is 0 Å². The molecule has 2 unspecified atom stereocenters. The number of carbonyl (C=O) groups is 1. The maximum Gasteiger partial charge on any atom is 0.573 e. The van der Waals surface area contributed by atoms with E-state index in [1.165, 1.54) is 0 Å². The molecule has 172 valence electrons. The van der Waals surface area contributed by atoms with Crippen LogP contribution in [0.4, 0.5) is 39.5 Å². The predicted octanol–water partition coefficient (Wildman–Crippen LogP) is 4.54. The SMILES string of the molecule is CC(CC(CN)C(=O)O)c1c(OC(F)(F)F)ccc(OC(F)(F)F)c1OC(F)(F)F. The van der Waals surface area contributed by atoms with Crippen LogP contribution in [0.1, 0.15) is 24.8 Å². The molecule has 0 heterocycles. The van der Waals surface area contributed by atoms with Crippen LogP contribution < -0.4 is 19.9 Å². The van der Waals surface area contributed by atoms with Crippen molar-refractivity contribution in [2.75, 3.05) is 6.54 Å². The van der Waals surface area contributed by atoms with Gasteiger partial charge in [-0.1, -0.05) is 6.92 Å². The standard InChI is InChI=1S/C15H14F9NO5/c1-6(4-7(5-25)12(26)27)10-8(28-13(16,17)18)2-3-9(29-14(19,20)21)11(10)30-15(22,23)24/h2-3,6-7H,4-5,25H2,1H3,(H,26,27). The van der Waals surface area contributed by atoms with Gasteiger partial charge in [-0.3, -0.25) is 4.79 Å². The third-order valence-corrected chi connectivity index (χ3v) is 3.55. The molecule has 0 aliphatic rings. The Balaban J connectivity index is 3.68. The summed E-state index contributed by atoms with van der Waals surface area (Å²) >= 11 is 0. The lowest BCUT2D eigenvalue weighted by Gasteiger charge is -2.25. The Morgan fingerprint density at radius 1 is 0.933 bits per heavy atom. The molecule has 1 rings (SSSR count). The molecule has 6 nitrogen and oxygen atoms in total. The lowest BCUT2D eigenvalue weighted by molar-refractivity contribution is -0.288. The normalized spacial score (nSPS) is 14.8. The molecule has 2 atom stereocenters. The zero-order valence-electron chi connectivity index (χ0n) is 14.8. The van der Waals surface area contributed by atoms with E-state index in [0.29, 0.717) is 6.07 Å². The molecule has 0 saturated heterocycles. The molecule has 15 heteroatoms. The van der Waals surface area contributed by atoms with Gasteiger partial charge in [0.15, 0.2) is 11.5 Å². The van der Waals surface area contributed by atoms with E-state index in [1.54, 1.807) is 0 Å². The first kappa shape index (κ1) is 25.5. The first-order chi connectivity index (χ1) is 13.4. The number of rotatable bonds is 8. The lowest BCUT2D eigenvalue weighted by atomic mass is 9.88. The van der Waals surface area contributed by atoms with Crippen molar-refractivity contribution in [2.24, 2.45) is 11.7 Å². The molecule has 1 aromatic carbocycles. The second-order valence-corrected chi connectivity index (χ2v) is 5.86. The van der Waals surface area contributed by atoms with Crippen LogP contribution in [0.2, 0.25) is 0 Å². The van der Waals surface area contributed by atoms with E-state index in [0.717, 1.165) is 6.92 Å². The van der Waals surface area contributed by atoms with Crippen molar-refractivity contribution in [1.29, 1.82) is 0 Å². The molecule has 0 saturated carbocycles. The molecule has 0 spiro atoms. The first-order valence-corrected chi connectivity index (χ1v) is 7.80. The first-order valence-electron chi connectivity index (χ1n) is 7.80. The summed E-state index contributed by atoms with van der Waals surface area (Å²) in [6, 6.07) is 0.436. The van der Waals surface area contributed by atoms with Gasteiger partial charge in [-0.05, 0) is 24.5 Å². The summed E-state index contributed by atoms with van der Waals surface area (Å²) in [5.74, 6) is -9.19. The maximum absolute atomic E-state index is 12.8. The number of carboxylic acids is 1. The van der Waals surface area contributed by atoms with Gasteiger partial charge in [-0.15, -0.1) is 39.5 Å². The molecule has 0 fully saturated rings. The largest absolute Gasteiger partial charge is 0.573 e. The van der Waals surface area contributed by atoms with Crippen molar-refractivity contribution in [2.45, 2.75) is 38.3 Å². The van der Waals surface area contributed by atoms with E-state index in [2.05, 4.69) is 14.2 Å². The second-order valence-electron chi connectivity index (χ2n) is 5.86. The molecule has 0 radical (unpaired) electrons. The fraction of sp³-hybridized carbons (Fsp3) is 0.533. The number of halogens is 9. The van der Waals surface area contributed by atoms with E-state index in [-0.39, 0.29) is 6.07 Å². The van der Waals surface area contributed by atoms with Crippen molar-refractivity contribution >= 4 is 5.97 Å². The quantitative estimate of drug-likeness (QED) is 0.555. The summed E-state index contributed by atoms with van der Waals surface area (Å²) in [5, 5.41) is 9.01. The monoisotopic (exact) mass is 459 g/mol. The smallest absolute Gasteiger partial charge is 0.481 e. The van der Waals surface area contributed by atoms with Crippen LogP contribution in [0.5, 0.6) is 17.2 Å². The predicted molar refractivity (Wildman–Crippen MR) is 79.7 cm³/mol. The van der Waals surface area contributed by atoms with Gasteiger partial charge in [0, 0.05) is 12.1 Å². The average Bonchev–Trinajstić information content (AvgIpc) is 2.50. The number of carboxylic acid groups (broad SMARTS) is 1. The van der Waals surface area contributed by atoms with Crippen molar-refractivity contribution in [3.8, 4) is 17.2 Å². The Morgan fingerprint density at radius 3 is 1.77 bits per heavy atom. The van der Waals surface area contributed by atoms with Gasteiger partial charge in [-0.2, -0.15) is 0 Å². The van der Waals surface area contributed by atoms with Gasteiger partial charge in [0.2, 0.25) is 0 Å². The fourth-order valence-corrected chi connectivity index (χ4v) is 2.51. The Morgan fingerprint density at radius 2 is 1.37 bits per heavy atom. The summed E-state index contributed by atoms with van der Waals surface area (Å²) in [7, 11) is 0. The molecule has 30 heavy (non-hydrogen) atoms. The van der Waals surface area contributed by atoms with E-state index in [1.807, 2.05) is 0 Å². The highest BCUT2D eigenvalue weighted by molar-refractivity contribution is 5.70. The third kappa shape index (κ3) is 8.04. The van der Waals surface area contributed by atoms with Gasteiger partial charge in [0.1, 0.15) is 5.75 Å². The fourth-order valence-electron chi connectivity index (χ4n) is 2.51. The minimum Gasteiger partial charge on any atom is -0.481 e. The maximum atomic E-state index is 12.8. The van der Waals surface area contributed by atoms with Crippen LogP contribution in [0.3, 0.4) is 0 Å². The Kier molecular flexibility index (Phi) is 7.68. The summed E-state index contributed by atoms with van der Waals surface area (Å²) in [6.07, 6.45) is -17.2. The van der Waals surface area contributed by atoms with Crippen molar-refractivity contribution in [1.82, 2.24) is 0 Å². The zero-order chi connectivity index (χ0) is 23.5. The molecular formula is C15H14F9NO5. The minimum absolute atomic E-state index is 0.142. The number of hydrogen-bond acceptors (Lipinski definition) is 5. The summed E-state index contributed by atoms with van der Waals surface area (Å²) < 4.78 is 125. The van der Waals surface area contributed by atoms with Gasteiger partial charge in [-0.25, -0.2) is 0 Å². The van der Waals surface area contributed by atoms with Gasteiger partial charge < -0.3 is 25.1 Å². The topological polar surface area (TPSA) is 91.0 Å². The van der Waals surface area contributed by atoms with Gasteiger partial charge in [0.25, 0.3) is 0 Å². The van der Waals surface area contributed by atoms with Crippen LogP contribution in [-0.4, -0.2) is 36.7 Å². The van der Waals surface area contributed by atoms with Crippen molar-refractivity contribution in [3.63, 3.8) is 0 Å². The Bertz CT molecular complexity index is 746. The summed E-state index contributed by atoms with van der Waals surface area (Å²) in [6.45, 7) is 0.411. The van der Waals surface area contributed by atoms with Crippen LogP contribution in [0.25, 0.3) is 0 Å². The second kappa shape index (κ2) is 9.06. The molecule has 0 aliphatic carbocycles.